The molecule has 0 aromatic carbocycles. The lowest BCUT2D eigenvalue weighted by Crippen LogP contribution is -2.27. The Kier molecular flexibility index (Phi) is 3.92. The Morgan fingerprint density at radius 1 is 0.933 bits per heavy atom. The molecule has 6 heterocycles. The molecule has 4 aromatic heterocycles. The maximum absolute atomic E-state index is 5.92. The van der Waals surface area contributed by atoms with Gasteiger partial charge in [0.05, 0.1) is 0 Å². The molecule has 0 unspecified atom stereocenters. The summed E-state index contributed by atoms with van der Waals surface area (Å²) < 4.78 is 7.87. The molecule has 0 N–H and O–H groups in total. The van der Waals surface area contributed by atoms with Gasteiger partial charge in [-0.25, -0.2) is 9.50 Å². The van der Waals surface area contributed by atoms with Crippen LogP contribution in [0.4, 0.5) is 5.82 Å². The second kappa shape index (κ2) is 6.67. The van der Waals surface area contributed by atoms with Gasteiger partial charge in [-0.05, 0) is 62.2 Å². The van der Waals surface area contributed by atoms with Gasteiger partial charge in [0, 0.05) is 44.1 Å². The molecule has 0 amide bonds. The van der Waals surface area contributed by atoms with Crippen molar-refractivity contribution in [2.24, 2.45) is 11.8 Å². The van der Waals surface area contributed by atoms with E-state index in [4.69, 9.17) is 14.5 Å². The number of aromatic nitrogens is 4. The second-order valence-corrected chi connectivity index (χ2v) is 8.56. The van der Waals surface area contributed by atoms with Gasteiger partial charge < -0.3 is 14.2 Å². The zero-order valence-electron chi connectivity index (χ0n) is 17.2. The summed E-state index contributed by atoms with van der Waals surface area (Å²) in [7, 11) is 2.22. The van der Waals surface area contributed by atoms with Gasteiger partial charge in [-0.15, -0.1) is 5.10 Å². The molecular weight excluding hydrogens is 376 g/mol. The number of furan rings is 1. The third kappa shape index (κ3) is 2.81. The Morgan fingerprint density at radius 3 is 2.40 bits per heavy atom. The van der Waals surface area contributed by atoms with E-state index in [9.17, 15) is 0 Å². The summed E-state index contributed by atoms with van der Waals surface area (Å²) in [6, 6.07) is 12.1. The fourth-order valence-electron chi connectivity index (χ4n) is 5.01. The molecule has 0 radical (unpaired) electrons. The maximum Gasteiger partial charge on any atom is 0.155 e. The van der Waals surface area contributed by atoms with Crippen molar-refractivity contribution in [1.29, 1.82) is 0 Å². The van der Waals surface area contributed by atoms with E-state index in [0.29, 0.717) is 0 Å². The first-order chi connectivity index (χ1) is 14.7. The number of fused-ring (bicyclic) bond motifs is 2. The number of hydrogen-bond donors (Lipinski definition) is 0. The highest BCUT2D eigenvalue weighted by atomic mass is 16.3. The largest absolute Gasteiger partial charge is 0.460 e. The van der Waals surface area contributed by atoms with E-state index in [1.54, 1.807) is 12.4 Å². The van der Waals surface area contributed by atoms with Gasteiger partial charge in [-0.2, -0.15) is 0 Å². The van der Waals surface area contributed by atoms with Gasteiger partial charge in [0.1, 0.15) is 23.0 Å². The Labute approximate surface area is 175 Å². The fourth-order valence-corrected chi connectivity index (χ4v) is 5.01. The average Bonchev–Trinajstić information content (AvgIpc) is 3.49. The minimum atomic E-state index is 0.733. The SMILES string of the molecule is Cc1ccc(-c2nc3ccc(N4C[C@H]5CN(C)C[C@H]5C4)nn3c2-c2ccncc2)o1. The summed E-state index contributed by atoms with van der Waals surface area (Å²) in [5.41, 5.74) is 3.57. The topological polar surface area (TPSA) is 62.7 Å². The van der Waals surface area contributed by atoms with Gasteiger partial charge in [-0.1, -0.05) is 0 Å². The van der Waals surface area contributed by atoms with Crippen LogP contribution >= 0.6 is 0 Å². The van der Waals surface area contributed by atoms with E-state index in [1.807, 2.05) is 35.7 Å². The fraction of sp³-hybridized carbons (Fsp3) is 0.348. The van der Waals surface area contributed by atoms with E-state index in [0.717, 1.165) is 64.9 Å². The monoisotopic (exact) mass is 400 g/mol. The van der Waals surface area contributed by atoms with Crippen LogP contribution in [0.3, 0.4) is 0 Å². The van der Waals surface area contributed by atoms with Gasteiger partial charge in [0.25, 0.3) is 0 Å². The number of likely N-dealkylation sites (tertiary alicyclic amines) is 1. The van der Waals surface area contributed by atoms with Crippen molar-refractivity contribution >= 4 is 11.5 Å². The normalized spacial score (nSPS) is 21.6. The molecule has 0 spiro atoms. The van der Waals surface area contributed by atoms with Crippen LogP contribution in [-0.4, -0.2) is 57.7 Å². The van der Waals surface area contributed by atoms with Crippen molar-refractivity contribution in [3.8, 4) is 22.7 Å². The van der Waals surface area contributed by atoms with Crippen molar-refractivity contribution in [2.45, 2.75) is 6.92 Å². The summed E-state index contributed by atoms with van der Waals surface area (Å²) in [6.45, 7) is 6.44. The Hall–Kier alpha value is -3.19. The van der Waals surface area contributed by atoms with Gasteiger partial charge >= 0.3 is 0 Å². The first kappa shape index (κ1) is 17.7. The predicted octanol–water partition coefficient (Wildman–Crippen LogP) is 3.36. The van der Waals surface area contributed by atoms with Crippen LogP contribution in [0.5, 0.6) is 0 Å². The first-order valence-electron chi connectivity index (χ1n) is 10.5. The van der Waals surface area contributed by atoms with Crippen LogP contribution in [-0.2, 0) is 0 Å². The van der Waals surface area contributed by atoms with Gasteiger partial charge in [-0.3, -0.25) is 4.98 Å². The number of aryl methyl sites for hydroxylation is 1. The number of anilines is 1. The van der Waals surface area contributed by atoms with E-state index in [2.05, 4.69) is 34.0 Å². The van der Waals surface area contributed by atoms with Gasteiger partial charge in [0.15, 0.2) is 11.4 Å². The lowest BCUT2D eigenvalue weighted by molar-refractivity contribution is 0.386. The quantitative estimate of drug-likeness (QED) is 0.526. The molecule has 2 saturated heterocycles. The zero-order valence-corrected chi connectivity index (χ0v) is 17.2. The van der Waals surface area contributed by atoms with Crippen LogP contribution in [0.25, 0.3) is 28.4 Å². The lowest BCUT2D eigenvalue weighted by atomic mass is 10.0. The predicted molar refractivity (Wildman–Crippen MR) is 115 cm³/mol. The Morgan fingerprint density at radius 2 is 1.70 bits per heavy atom. The highest BCUT2D eigenvalue weighted by molar-refractivity contribution is 5.79. The molecule has 0 aliphatic carbocycles. The molecule has 0 saturated carbocycles. The zero-order chi connectivity index (χ0) is 20.2. The number of rotatable bonds is 3. The van der Waals surface area contributed by atoms with Crippen LogP contribution in [0.2, 0.25) is 0 Å². The molecule has 2 aliphatic heterocycles. The lowest BCUT2D eigenvalue weighted by Gasteiger charge is -2.20. The van der Waals surface area contributed by atoms with Crippen molar-refractivity contribution in [1.82, 2.24) is 24.5 Å². The van der Waals surface area contributed by atoms with Crippen LogP contribution < -0.4 is 4.90 Å². The third-order valence-electron chi connectivity index (χ3n) is 6.38. The molecule has 7 heteroatoms. The summed E-state index contributed by atoms with van der Waals surface area (Å²) in [5.74, 6) is 4.10. The maximum atomic E-state index is 5.92. The van der Waals surface area contributed by atoms with E-state index >= 15 is 0 Å². The summed E-state index contributed by atoms with van der Waals surface area (Å²) in [4.78, 5) is 13.9. The van der Waals surface area contributed by atoms with E-state index in [1.165, 1.54) is 13.1 Å². The van der Waals surface area contributed by atoms with E-state index < -0.39 is 0 Å². The van der Waals surface area contributed by atoms with Crippen molar-refractivity contribution in [3.63, 3.8) is 0 Å². The molecule has 30 heavy (non-hydrogen) atoms. The summed E-state index contributed by atoms with van der Waals surface area (Å²) in [5, 5.41) is 5.04. The Bertz CT molecular complexity index is 1200. The number of imidazole rings is 1. The van der Waals surface area contributed by atoms with Crippen LogP contribution in [0, 0.1) is 18.8 Å². The molecule has 6 rings (SSSR count). The molecule has 2 fully saturated rings. The van der Waals surface area contributed by atoms with Crippen molar-refractivity contribution in [3.05, 3.63) is 54.6 Å². The van der Waals surface area contributed by atoms with Crippen LogP contribution in [0.1, 0.15) is 5.76 Å². The molecule has 152 valence electrons. The molecule has 4 aromatic rings. The standard InChI is InChI=1S/C23H24N6O/c1-15-3-4-19(30-15)22-23(16-7-9-24-10-8-16)29-20(25-22)5-6-21(26-29)28-13-17-11-27(2)12-18(17)14-28/h3-10,17-18H,11-14H2,1-2H3/t17-,18+. The molecular formula is C23H24N6O. The molecule has 7 nitrogen and oxygen atoms in total. The highest BCUT2D eigenvalue weighted by Gasteiger charge is 2.39. The number of nitrogens with zero attached hydrogens (tertiary/aromatic N) is 6. The highest BCUT2D eigenvalue weighted by Crippen LogP contribution is 2.35. The minimum absolute atomic E-state index is 0.733. The summed E-state index contributed by atoms with van der Waals surface area (Å²) >= 11 is 0. The van der Waals surface area contributed by atoms with Crippen molar-refractivity contribution < 1.29 is 4.42 Å². The molecule has 2 aliphatic rings. The first-order valence-corrected chi connectivity index (χ1v) is 10.5. The molecule has 0 bridgehead atoms. The van der Waals surface area contributed by atoms with Crippen molar-refractivity contribution in [2.75, 3.05) is 38.1 Å². The average molecular weight is 400 g/mol. The van der Waals surface area contributed by atoms with Crippen LogP contribution in [0.15, 0.2) is 53.2 Å². The van der Waals surface area contributed by atoms with E-state index in [-0.39, 0.29) is 0 Å². The second-order valence-electron chi connectivity index (χ2n) is 8.56. The minimum Gasteiger partial charge on any atom is -0.460 e. The number of pyridine rings is 1. The third-order valence-corrected chi connectivity index (χ3v) is 6.38. The van der Waals surface area contributed by atoms with Gasteiger partial charge in [0.2, 0.25) is 0 Å². The smallest absolute Gasteiger partial charge is 0.155 e. The summed E-state index contributed by atoms with van der Waals surface area (Å²) in [6.07, 6.45) is 3.60. The Balaban J connectivity index is 1.47. The molecule has 2 atom stereocenters. The number of hydrogen-bond acceptors (Lipinski definition) is 6.